The van der Waals surface area contributed by atoms with Crippen LogP contribution < -0.4 is 0 Å². The lowest BCUT2D eigenvalue weighted by Gasteiger charge is -2.05. The van der Waals surface area contributed by atoms with Gasteiger partial charge in [0.25, 0.3) is 0 Å². The van der Waals surface area contributed by atoms with Gasteiger partial charge in [-0.15, -0.1) is 0 Å². The number of Topliss-reactive ketones (excluding diaryl/α,β-unsaturated/α-hetero) is 1. The zero-order valence-corrected chi connectivity index (χ0v) is 10.0. The highest BCUT2D eigenvalue weighted by Crippen LogP contribution is 2.20. The molecule has 4 heteroatoms. The van der Waals surface area contributed by atoms with E-state index < -0.39 is 17.4 Å². The summed E-state index contributed by atoms with van der Waals surface area (Å²) in [6.45, 7) is 0. The highest BCUT2D eigenvalue weighted by atomic mass is 35.5. The summed E-state index contributed by atoms with van der Waals surface area (Å²) in [4.78, 5) is 11.8. The van der Waals surface area contributed by atoms with Gasteiger partial charge in [0.2, 0.25) is 0 Å². The molecule has 0 spiro atoms. The normalized spacial score (nSPS) is 10.4. The second-order valence-corrected chi connectivity index (χ2v) is 4.20. The van der Waals surface area contributed by atoms with Gasteiger partial charge >= 0.3 is 0 Å². The zero-order chi connectivity index (χ0) is 13.1. The molecule has 0 aliphatic rings. The first-order valence-electron chi connectivity index (χ1n) is 5.30. The summed E-state index contributed by atoms with van der Waals surface area (Å²) in [5.74, 6) is -1.72. The monoisotopic (exact) mass is 266 g/mol. The quantitative estimate of drug-likeness (QED) is 0.766. The van der Waals surface area contributed by atoms with Crippen LogP contribution in [0.1, 0.15) is 15.9 Å². The number of hydrogen-bond acceptors (Lipinski definition) is 1. The van der Waals surface area contributed by atoms with Gasteiger partial charge < -0.3 is 0 Å². The standard InChI is InChI=1S/C14H9ClF2O/c15-11-6-3-4-9(14(11)17)8-13(18)10-5-1-2-7-12(10)16/h1-7H,8H2. The molecular weight excluding hydrogens is 258 g/mol. The van der Waals surface area contributed by atoms with Gasteiger partial charge in [-0.3, -0.25) is 4.79 Å². The fourth-order valence-electron chi connectivity index (χ4n) is 1.64. The van der Waals surface area contributed by atoms with Crippen molar-refractivity contribution in [2.75, 3.05) is 0 Å². The molecule has 18 heavy (non-hydrogen) atoms. The largest absolute Gasteiger partial charge is 0.294 e. The molecule has 0 radical (unpaired) electrons. The molecule has 0 atom stereocenters. The second-order valence-electron chi connectivity index (χ2n) is 3.79. The van der Waals surface area contributed by atoms with Crippen LogP contribution >= 0.6 is 11.6 Å². The van der Waals surface area contributed by atoms with Crippen molar-refractivity contribution in [3.63, 3.8) is 0 Å². The SMILES string of the molecule is O=C(Cc1cccc(Cl)c1F)c1ccccc1F. The molecule has 0 amide bonds. The molecule has 0 unspecified atom stereocenters. The molecule has 0 aliphatic heterocycles. The lowest BCUT2D eigenvalue weighted by atomic mass is 10.0. The van der Waals surface area contributed by atoms with Gasteiger partial charge in [0, 0.05) is 6.42 Å². The molecule has 0 aromatic heterocycles. The van der Waals surface area contributed by atoms with Crippen LogP contribution in [0.4, 0.5) is 8.78 Å². The molecule has 2 aromatic carbocycles. The number of carbonyl (C=O) groups is 1. The molecule has 1 nitrogen and oxygen atoms in total. The smallest absolute Gasteiger partial charge is 0.170 e. The Labute approximate surface area is 108 Å². The minimum absolute atomic E-state index is 0.0446. The maximum absolute atomic E-state index is 13.6. The molecule has 0 saturated carbocycles. The first-order chi connectivity index (χ1) is 8.59. The van der Waals surface area contributed by atoms with Gasteiger partial charge in [0.1, 0.15) is 11.6 Å². The number of benzene rings is 2. The number of rotatable bonds is 3. The molecule has 0 fully saturated rings. The minimum atomic E-state index is -0.635. The van der Waals surface area contributed by atoms with E-state index in [0.717, 1.165) is 0 Å². The number of carbonyl (C=O) groups excluding carboxylic acids is 1. The van der Waals surface area contributed by atoms with Crippen LogP contribution in [0.15, 0.2) is 42.5 Å². The topological polar surface area (TPSA) is 17.1 Å². The van der Waals surface area contributed by atoms with Gasteiger partial charge in [-0.25, -0.2) is 8.78 Å². The summed E-state index contributed by atoms with van der Waals surface area (Å²) in [7, 11) is 0. The van der Waals surface area contributed by atoms with Crippen LogP contribution in [-0.4, -0.2) is 5.78 Å². The van der Waals surface area contributed by atoms with Crippen molar-refractivity contribution in [2.24, 2.45) is 0 Å². The van der Waals surface area contributed by atoms with Crippen LogP contribution in [0.25, 0.3) is 0 Å². The van der Waals surface area contributed by atoms with E-state index >= 15 is 0 Å². The third-order valence-electron chi connectivity index (χ3n) is 2.56. The summed E-state index contributed by atoms with van der Waals surface area (Å²) >= 11 is 5.61. The van der Waals surface area contributed by atoms with Crippen molar-refractivity contribution in [1.82, 2.24) is 0 Å². The average molecular weight is 267 g/mol. The lowest BCUT2D eigenvalue weighted by Crippen LogP contribution is -2.07. The highest BCUT2D eigenvalue weighted by Gasteiger charge is 2.15. The van der Waals surface area contributed by atoms with E-state index in [-0.39, 0.29) is 22.6 Å². The van der Waals surface area contributed by atoms with E-state index in [0.29, 0.717) is 0 Å². The predicted molar refractivity (Wildman–Crippen MR) is 65.8 cm³/mol. The zero-order valence-electron chi connectivity index (χ0n) is 9.29. The highest BCUT2D eigenvalue weighted by molar-refractivity contribution is 6.30. The van der Waals surface area contributed by atoms with Crippen LogP contribution in [0, 0.1) is 11.6 Å². The van der Waals surface area contributed by atoms with E-state index in [1.54, 1.807) is 12.1 Å². The van der Waals surface area contributed by atoms with Crippen molar-refractivity contribution in [1.29, 1.82) is 0 Å². The summed E-state index contributed by atoms with van der Waals surface area (Å²) < 4.78 is 27.0. The van der Waals surface area contributed by atoms with E-state index in [1.807, 2.05) is 0 Å². The lowest BCUT2D eigenvalue weighted by molar-refractivity contribution is 0.0988. The Balaban J connectivity index is 2.27. The van der Waals surface area contributed by atoms with Crippen molar-refractivity contribution in [2.45, 2.75) is 6.42 Å². The average Bonchev–Trinajstić information content (AvgIpc) is 2.35. The Kier molecular flexibility index (Phi) is 3.72. The van der Waals surface area contributed by atoms with Crippen LogP contribution in [0.5, 0.6) is 0 Å². The summed E-state index contributed by atoms with van der Waals surface area (Å²) in [5.41, 5.74) is 0.118. The van der Waals surface area contributed by atoms with Crippen LogP contribution in [0.2, 0.25) is 5.02 Å². The van der Waals surface area contributed by atoms with Crippen LogP contribution in [-0.2, 0) is 6.42 Å². The Morgan fingerprint density at radius 2 is 1.78 bits per heavy atom. The van der Waals surface area contributed by atoms with Crippen molar-refractivity contribution in [3.05, 3.63) is 70.2 Å². The molecule has 2 aromatic rings. The first-order valence-corrected chi connectivity index (χ1v) is 5.68. The van der Waals surface area contributed by atoms with Gasteiger partial charge in [0.15, 0.2) is 5.78 Å². The Bertz CT molecular complexity index is 596. The van der Waals surface area contributed by atoms with Gasteiger partial charge in [-0.2, -0.15) is 0 Å². The van der Waals surface area contributed by atoms with E-state index in [2.05, 4.69) is 0 Å². The van der Waals surface area contributed by atoms with Gasteiger partial charge in [-0.1, -0.05) is 35.9 Å². The minimum Gasteiger partial charge on any atom is -0.294 e. The van der Waals surface area contributed by atoms with E-state index in [4.69, 9.17) is 11.6 Å². The van der Waals surface area contributed by atoms with Crippen molar-refractivity contribution < 1.29 is 13.6 Å². The molecule has 2 rings (SSSR count). The third kappa shape index (κ3) is 2.57. The fourth-order valence-corrected chi connectivity index (χ4v) is 1.83. The first kappa shape index (κ1) is 12.7. The molecule has 92 valence electrons. The molecule has 0 saturated heterocycles. The number of halogens is 3. The number of ketones is 1. The Morgan fingerprint density at radius 3 is 2.50 bits per heavy atom. The molecule has 0 aliphatic carbocycles. The van der Waals surface area contributed by atoms with E-state index in [1.165, 1.54) is 30.3 Å². The Morgan fingerprint density at radius 1 is 1.06 bits per heavy atom. The van der Waals surface area contributed by atoms with Crippen molar-refractivity contribution in [3.8, 4) is 0 Å². The third-order valence-corrected chi connectivity index (χ3v) is 2.85. The summed E-state index contributed by atoms with van der Waals surface area (Å²) in [5, 5.41) is -0.0474. The predicted octanol–water partition coefficient (Wildman–Crippen LogP) is 4.04. The van der Waals surface area contributed by atoms with Gasteiger partial charge in [-0.05, 0) is 23.8 Å². The van der Waals surface area contributed by atoms with E-state index in [9.17, 15) is 13.6 Å². The number of hydrogen-bond donors (Lipinski definition) is 0. The van der Waals surface area contributed by atoms with Crippen molar-refractivity contribution >= 4 is 17.4 Å². The Hall–Kier alpha value is -1.74. The molecular formula is C14H9ClF2O. The summed E-state index contributed by atoms with van der Waals surface area (Å²) in [6.07, 6.45) is -0.215. The molecule has 0 N–H and O–H groups in total. The molecule has 0 bridgehead atoms. The van der Waals surface area contributed by atoms with Gasteiger partial charge in [0.05, 0.1) is 10.6 Å². The fraction of sp³-hybridized carbons (Fsp3) is 0.0714. The maximum atomic E-state index is 13.6. The summed E-state index contributed by atoms with van der Waals surface area (Å²) in [6, 6.07) is 10.0. The molecule has 0 heterocycles. The van der Waals surface area contributed by atoms with Crippen LogP contribution in [0.3, 0.4) is 0 Å². The maximum Gasteiger partial charge on any atom is 0.170 e. The second kappa shape index (κ2) is 5.27.